The number of hydrogen-bond donors (Lipinski definition) is 0. The van der Waals surface area contributed by atoms with Gasteiger partial charge in [-0.3, -0.25) is 0 Å². The molecule has 0 saturated heterocycles. The lowest BCUT2D eigenvalue weighted by Gasteiger charge is -2.14. The minimum atomic E-state index is -0.468. The lowest BCUT2D eigenvalue weighted by Crippen LogP contribution is -2.12. The van der Waals surface area contributed by atoms with Gasteiger partial charge in [-0.15, -0.1) is 0 Å². The molecule has 0 aliphatic heterocycles. The maximum absolute atomic E-state index is 13.9. The van der Waals surface area contributed by atoms with Crippen molar-refractivity contribution in [3.63, 3.8) is 0 Å². The molecule has 0 spiro atoms. The molecule has 0 aromatic heterocycles. The zero-order chi connectivity index (χ0) is 69.5. The van der Waals surface area contributed by atoms with Gasteiger partial charge in [-0.25, -0.2) is 9.59 Å². The van der Waals surface area contributed by atoms with Crippen LogP contribution in [0.3, 0.4) is 0 Å². The fourth-order valence-electron chi connectivity index (χ4n) is 13.4. The Labute approximate surface area is 602 Å². The van der Waals surface area contributed by atoms with Crippen molar-refractivity contribution in [1.82, 2.24) is 0 Å². The molecule has 0 fully saturated rings. The molecule has 8 nitrogen and oxygen atoms in total. The quantitative estimate of drug-likeness (QED) is 0.0245. The Hall–Kier alpha value is -4.98. The van der Waals surface area contributed by atoms with Gasteiger partial charge in [0.25, 0.3) is 0 Å². The lowest BCUT2D eigenvalue weighted by molar-refractivity contribution is 0.0720. The van der Waals surface area contributed by atoms with E-state index in [1.807, 2.05) is 72.8 Å². The van der Waals surface area contributed by atoms with Crippen molar-refractivity contribution in [1.29, 1.82) is 0 Å². The highest BCUT2D eigenvalue weighted by Gasteiger charge is 2.19. The van der Waals surface area contributed by atoms with Gasteiger partial charge in [0.05, 0.1) is 26.4 Å². The van der Waals surface area contributed by atoms with Gasteiger partial charge in [0.2, 0.25) is 0 Å². The topological polar surface area (TPSA) is 89.5 Å². The lowest BCUT2D eigenvalue weighted by atomic mass is 10.0. The summed E-state index contributed by atoms with van der Waals surface area (Å²) in [5.41, 5.74) is 2.64. The first-order chi connectivity index (χ1) is 48.4. The summed E-state index contributed by atoms with van der Waals surface area (Å²) in [6, 6.07) is 26.1. The van der Waals surface area contributed by atoms with Crippen molar-refractivity contribution in [3.8, 4) is 45.6 Å². The second kappa shape index (κ2) is 61.9. The second-order valence-electron chi connectivity index (χ2n) is 28.9. The molecule has 0 aliphatic rings. The van der Waals surface area contributed by atoms with Crippen molar-refractivity contribution in [2.45, 2.75) is 387 Å². The molecule has 554 valence electrons. The van der Waals surface area contributed by atoms with Gasteiger partial charge < -0.3 is 28.4 Å². The highest BCUT2D eigenvalue weighted by molar-refractivity contribution is 5.95. The van der Waals surface area contributed by atoms with Crippen LogP contribution in [-0.2, 0) is 0 Å². The molecule has 0 atom stereocenters. The molecule has 0 heterocycles. The Kier molecular flexibility index (Phi) is 53.9. The zero-order valence-corrected chi connectivity index (χ0v) is 63.8. The van der Waals surface area contributed by atoms with Crippen LogP contribution in [0.5, 0.6) is 34.5 Å². The van der Waals surface area contributed by atoms with Crippen LogP contribution in [0.2, 0.25) is 0 Å². The molecular weight excluding hydrogens is 1210 g/mol. The van der Waals surface area contributed by atoms with E-state index in [9.17, 15) is 9.59 Å². The summed E-state index contributed by atoms with van der Waals surface area (Å²) in [7, 11) is 0. The van der Waals surface area contributed by atoms with E-state index in [1.54, 1.807) is 12.1 Å². The van der Waals surface area contributed by atoms with Crippen molar-refractivity contribution in [2.24, 2.45) is 0 Å². The Balaban J connectivity index is 1.27. The molecule has 0 bridgehead atoms. The Bertz CT molecular complexity index is 2300. The summed E-state index contributed by atoms with van der Waals surface area (Å²) in [4.78, 5) is 27.9. The van der Waals surface area contributed by atoms with Gasteiger partial charge in [-0.2, -0.15) is 0 Å². The first kappa shape index (κ1) is 85.4. The number of esters is 2. The van der Waals surface area contributed by atoms with Crippen LogP contribution in [0.4, 0.5) is 0 Å². The molecule has 98 heavy (non-hydrogen) atoms. The smallest absolute Gasteiger partial charge is 0.347 e. The summed E-state index contributed by atoms with van der Waals surface area (Å²) < 4.78 is 37.3. The van der Waals surface area contributed by atoms with Crippen molar-refractivity contribution in [3.05, 3.63) is 96.1 Å². The van der Waals surface area contributed by atoms with Crippen molar-refractivity contribution >= 4 is 11.9 Å². The molecule has 4 aromatic rings. The highest BCUT2D eigenvalue weighted by Crippen LogP contribution is 2.32. The van der Waals surface area contributed by atoms with Crippen molar-refractivity contribution < 1.29 is 38.0 Å². The van der Waals surface area contributed by atoms with Crippen LogP contribution in [0.25, 0.3) is 11.1 Å². The third-order valence-electron chi connectivity index (χ3n) is 19.9. The molecule has 4 aromatic carbocycles. The number of hydrogen-bond acceptors (Lipinski definition) is 8. The number of ether oxygens (including phenoxy) is 6. The zero-order valence-electron chi connectivity index (χ0n) is 63.8. The number of unbranched alkanes of at least 4 members (excludes halogenated alkanes) is 52. The van der Waals surface area contributed by atoms with E-state index in [0.717, 1.165) is 62.5 Å². The van der Waals surface area contributed by atoms with E-state index in [1.165, 1.54) is 308 Å². The van der Waals surface area contributed by atoms with Gasteiger partial charge in [0.15, 0.2) is 0 Å². The predicted molar refractivity (Wildman–Crippen MR) is 418 cm³/mol. The number of carbonyl (C=O) groups is 2. The normalized spacial score (nSPS) is 11.3. The fraction of sp³-hybridized carbons (Fsp3) is 0.711. The molecular formula is C90H146O8. The maximum atomic E-state index is 13.9. The fourth-order valence-corrected chi connectivity index (χ4v) is 13.4. The Morgan fingerprint density at radius 3 is 0.612 bits per heavy atom. The summed E-state index contributed by atoms with van der Waals surface area (Å²) in [6.45, 7) is 11.5. The first-order valence-corrected chi connectivity index (χ1v) is 41.9. The third kappa shape index (κ3) is 44.3. The monoisotopic (exact) mass is 1360 g/mol. The minimum Gasteiger partial charge on any atom is -0.493 e. The van der Waals surface area contributed by atoms with E-state index in [2.05, 4.69) is 27.7 Å². The summed E-state index contributed by atoms with van der Waals surface area (Å²) in [5.74, 6) is 2.37. The van der Waals surface area contributed by atoms with Gasteiger partial charge in [0, 0.05) is 12.1 Å². The molecule has 0 N–H and O–H groups in total. The summed E-state index contributed by atoms with van der Waals surface area (Å²) >= 11 is 0. The second-order valence-corrected chi connectivity index (χ2v) is 28.9. The Morgan fingerprint density at radius 2 is 0.398 bits per heavy atom. The highest BCUT2D eigenvalue weighted by atomic mass is 16.5. The summed E-state index contributed by atoms with van der Waals surface area (Å²) in [5, 5.41) is 0. The third-order valence-corrected chi connectivity index (χ3v) is 19.9. The van der Waals surface area contributed by atoms with Crippen molar-refractivity contribution in [2.75, 3.05) is 26.4 Å². The molecule has 4 rings (SSSR count). The van der Waals surface area contributed by atoms with Crippen LogP contribution in [-0.4, -0.2) is 38.4 Å². The largest absolute Gasteiger partial charge is 0.493 e. The van der Waals surface area contributed by atoms with Gasteiger partial charge in [-0.05, 0) is 85.3 Å². The first-order valence-electron chi connectivity index (χ1n) is 41.9. The van der Waals surface area contributed by atoms with Crippen LogP contribution in [0.1, 0.15) is 408 Å². The minimum absolute atomic E-state index is 0.386. The SMILES string of the molecule is CCCCCCCCCCCCCCCCOc1ccc(C(=O)Oc2ccc(-c3ccc(OC(=O)c4ccc(OCCCCCCCCCCCCCCCC)cc4OCCCCCCCCCCCCCCCC)cc3)cc2)c(OCCCCCCCCCCCCCCCC)c1. The maximum Gasteiger partial charge on any atom is 0.347 e. The van der Waals surface area contributed by atoms with Gasteiger partial charge in [0.1, 0.15) is 45.6 Å². The van der Waals surface area contributed by atoms with E-state index >= 15 is 0 Å². The van der Waals surface area contributed by atoms with Crippen LogP contribution >= 0.6 is 0 Å². The predicted octanol–water partition coefficient (Wildman–Crippen LogP) is 29.2. The molecule has 0 unspecified atom stereocenters. The number of carbonyl (C=O) groups excluding carboxylic acids is 2. The molecule has 0 saturated carbocycles. The van der Waals surface area contributed by atoms with E-state index in [4.69, 9.17) is 28.4 Å². The van der Waals surface area contributed by atoms with E-state index < -0.39 is 11.9 Å². The number of benzene rings is 4. The van der Waals surface area contributed by atoms with Crippen LogP contribution < -0.4 is 28.4 Å². The molecule has 0 aliphatic carbocycles. The van der Waals surface area contributed by atoms with Gasteiger partial charge in [-0.1, -0.05) is 386 Å². The van der Waals surface area contributed by atoms with Crippen LogP contribution in [0, 0.1) is 0 Å². The molecule has 0 radical (unpaired) electrons. The average molecular weight is 1360 g/mol. The standard InChI is InChI=1S/C90H146O8/c1-5-9-13-17-21-25-29-33-37-41-45-49-53-57-73-93-83-69-71-85(87(77-83)95-75-59-55-51-47-43-39-35-31-27-23-19-15-11-7-3)89(91)97-81-65-61-79(62-66-81)80-63-67-82(68-64-80)98-90(92)86-72-70-84(94-74-58-54-50-46-42-38-34-30-26-22-18-14-10-6-2)78-88(86)96-76-60-56-52-48-44-40-36-32-28-24-20-16-12-8-4/h61-72,77-78H,5-60,73-76H2,1-4H3. The average Bonchev–Trinajstić information content (AvgIpc) is 0.874. The summed E-state index contributed by atoms with van der Waals surface area (Å²) in [6.07, 6.45) is 73.2. The van der Waals surface area contributed by atoms with Crippen LogP contribution in [0.15, 0.2) is 84.9 Å². The van der Waals surface area contributed by atoms with E-state index in [-0.39, 0.29) is 0 Å². The van der Waals surface area contributed by atoms with Gasteiger partial charge >= 0.3 is 11.9 Å². The van der Waals surface area contributed by atoms with E-state index in [0.29, 0.717) is 72.1 Å². The Morgan fingerprint density at radius 1 is 0.214 bits per heavy atom. The molecule has 8 heteroatoms. The number of rotatable bonds is 69. The molecule has 0 amide bonds.